The third kappa shape index (κ3) is 3.46. The molecule has 2 N–H and O–H groups in total. The largest absolute Gasteiger partial charge is 0.322 e. The zero-order chi connectivity index (χ0) is 17.1. The fourth-order valence-electron chi connectivity index (χ4n) is 2.98. The molecule has 2 aromatic carbocycles. The zero-order valence-corrected chi connectivity index (χ0v) is 14.1. The summed E-state index contributed by atoms with van der Waals surface area (Å²) < 4.78 is 0. The van der Waals surface area contributed by atoms with Crippen LogP contribution in [0.4, 0.5) is 5.69 Å². The van der Waals surface area contributed by atoms with Gasteiger partial charge in [0.05, 0.1) is 0 Å². The number of benzene rings is 2. The Balaban J connectivity index is 1.75. The lowest BCUT2D eigenvalue weighted by Gasteiger charge is -2.17. The molecule has 122 valence electrons. The molecule has 24 heavy (non-hydrogen) atoms. The number of amides is 1. The maximum atomic E-state index is 12.4. The van der Waals surface area contributed by atoms with E-state index in [9.17, 15) is 4.79 Å². The van der Waals surface area contributed by atoms with Gasteiger partial charge in [-0.1, -0.05) is 36.8 Å². The molecule has 1 aliphatic carbocycles. The molecule has 0 unspecified atom stereocenters. The Kier molecular flexibility index (Phi) is 4.61. The Morgan fingerprint density at radius 3 is 2.46 bits per heavy atom. The van der Waals surface area contributed by atoms with Gasteiger partial charge in [0, 0.05) is 17.0 Å². The van der Waals surface area contributed by atoms with Gasteiger partial charge in [0.25, 0.3) is 5.91 Å². The van der Waals surface area contributed by atoms with Crippen molar-refractivity contribution in [3.63, 3.8) is 0 Å². The predicted molar refractivity (Wildman–Crippen MR) is 99.9 cm³/mol. The molecule has 0 atom stereocenters. The highest BCUT2D eigenvalue weighted by atomic mass is 16.1. The zero-order valence-electron chi connectivity index (χ0n) is 14.1. The van der Waals surface area contributed by atoms with Crippen molar-refractivity contribution in [1.29, 1.82) is 5.41 Å². The van der Waals surface area contributed by atoms with E-state index < -0.39 is 0 Å². The third-order valence-corrected chi connectivity index (χ3v) is 4.51. The van der Waals surface area contributed by atoms with E-state index in [0.717, 1.165) is 30.5 Å². The van der Waals surface area contributed by atoms with Gasteiger partial charge < -0.3 is 10.7 Å². The van der Waals surface area contributed by atoms with Crippen LogP contribution in [-0.4, -0.2) is 11.6 Å². The van der Waals surface area contributed by atoms with E-state index >= 15 is 0 Å². The van der Waals surface area contributed by atoms with Crippen molar-refractivity contribution in [1.82, 2.24) is 0 Å². The maximum Gasteiger partial charge on any atom is 0.255 e. The summed E-state index contributed by atoms with van der Waals surface area (Å²) in [5, 5.41) is 10.6. The molecule has 2 aromatic rings. The number of fused-ring (bicyclic) bond motifs is 1. The van der Waals surface area contributed by atoms with Gasteiger partial charge in [-0.15, -0.1) is 0 Å². The van der Waals surface area contributed by atoms with Crippen LogP contribution < -0.4 is 5.32 Å². The van der Waals surface area contributed by atoms with Gasteiger partial charge >= 0.3 is 0 Å². The molecule has 0 aliphatic heterocycles. The molecule has 0 bridgehead atoms. The smallest absolute Gasteiger partial charge is 0.255 e. The lowest BCUT2D eigenvalue weighted by atomic mass is 9.91. The minimum Gasteiger partial charge on any atom is -0.322 e. The van der Waals surface area contributed by atoms with E-state index in [1.165, 1.54) is 16.7 Å². The molecule has 3 heteroatoms. The Morgan fingerprint density at radius 1 is 1.08 bits per heavy atom. The second-order valence-electron chi connectivity index (χ2n) is 6.23. The normalized spacial score (nSPS) is 13.0. The van der Waals surface area contributed by atoms with Gasteiger partial charge in [-0.05, 0) is 67.1 Å². The van der Waals surface area contributed by atoms with Crippen molar-refractivity contribution in [2.45, 2.75) is 33.1 Å². The van der Waals surface area contributed by atoms with E-state index in [4.69, 9.17) is 5.41 Å². The van der Waals surface area contributed by atoms with Crippen molar-refractivity contribution in [3.05, 3.63) is 70.3 Å². The lowest BCUT2D eigenvalue weighted by Crippen LogP contribution is -2.12. The Morgan fingerprint density at radius 2 is 1.79 bits per heavy atom. The summed E-state index contributed by atoms with van der Waals surface area (Å²) in [5.41, 5.74) is 6.81. The van der Waals surface area contributed by atoms with Gasteiger partial charge in [-0.2, -0.15) is 0 Å². The molecule has 3 nitrogen and oxygen atoms in total. The van der Waals surface area contributed by atoms with Crippen LogP contribution in [-0.2, 0) is 6.42 Å². The molecule has 1 amide bonds. The number of anilines is 1. The molecule has 0 spiro atoms. The van der Waals surface area contributed by atoms with Crippen molar-refractivity contribution >= 4 is 23.4 Å². The van der Waals surface area contributed by atoms with E-state index in [-0.39, 0.29) is 5.91 Å². The first-order valence-electron chi connectivity index (χ1n) is 8.36. The Labute approximate surface area is 142 Å². The van der Waals surface area contributed by atoms with Crippen molar-refractivity contribution in [2.75, 3.05) is 5.32 Å². The van der Waals surface area contributed by atoms with Gasteiger partial charge in [0.1, 0.15) is 0 Å². The second-order valence-corrected chi connectivity index (χ2v) is 6.23. The van der Waals surface area contributed by atoms with Crippen LogP contribution in [0.2, 0.25) is 0 Å². The first kappa shape index (κ1) is 16.2. The Hall–Kier alpha value is -2.68. The number of carbonyl (C=O) groups excluding carboxylic acids is 1. The second kappa shape index (κ2) is 6.83. The predicted octanol–water partition coefficient (Wildman–Crippen LogP) is 5.07. The van der Waals surface area contributed by atoms with Crippen LogP contribution in [0, 0.1) is 5.41 Å². The molecule has 0 aromatic heterocycles. The summed E-state index contributed by atoms with van der Waals surface area (Å²) in [5.74, 6) is -0.121. The monoisotopic (exact) mass is 318 g/mol. The summed E-state index contributed by atoms with van der Waals surface area (Å²) in [7, 11) is 0. The summed E-state index contributed by atoms with van der Waals surface area (Å²) in [6.45, 7) is 3.93. The van der Waals surface area contributed by atoms with Crippen LogP contribution in [0.25, 0.3) is 6.08 Å². The highest BCUT2D eigenvalue weighted by Crippen LogP contribution is 2.28. The molecule has 1 aliphatic rings. The Bertz CT molecular complexity index is 816. The molecule has 0 heterocycles. The van der Waals surface area contributed by atoms with E-state index in [1.807, 2.05) is 6.07 Å². The van der Waals surface area contributed by atoms with Gasteiger partial charge in [-0.25, -0.2) is 0 Å². The maximum absolute atomic E-state index is 12.4. The summed E-state index contributed by atoms with van der Waals surface area (Å²) in [4.78, 5) is 12.4. The standard InChI is InChI=1S/C21H22N2O/c1-3-15-4-5-19-13-20(11-10-18(19)12-15)23-21(24)17-8-6-16(7-9-17)14(2)22/h6-13,22H,3-5H2,1-2H3,(H,23,24). The SMILES string of the molecule is CCC1=Cc2ccc(NC(=O)c3ccc(C(C)=N)cc3)cc2CC1. The molecular weight excluding hydrogens is 296 g/mol. The topological polar surface area (TPSA) is 53.0 Å². The summed E-state index contributed by atoms with van der Waals surface area (Å²) >= 11 is 0. The third-order valence-electron chi connectivity index (χ3n) is 4.51. The van der Waals surface area contributed by atoms with Crippen LogP contribution >= 0.6 is 0 Å². The number of aryl methyl sites for hydroxylation is 1. The number of allylic oxidation sites excluding steroid dienone is 1. The van der Waals surface area contributed by atoms with Crippen LogP contribution in [0.1, 0.15) is 53.7 Å². The number of hydrogen-bond acceptors (Lipinski definition) is 2. The van der Waals surface area contributed by atoms with Crippen molar-refractivity contribution in [3.8, 4) is 0 Å². The first-order valence-corrected chi connectivity index (χ1v) is 8.36. The fraction of sp³-hybridized carbons (Fsp3) is 0.238. The fourth-order valence-corrected chi connectivity index (χ4v) is 2.98. The van der Waals surface area contributed by atoms with Crippen molar-refractivity contribution < 1.29 is 4.79 Å². The minimum atomic E-state index is -0.121. The minimum absolute atomic E-state index is 0.121. The molecule has 0 radical (unpaired) electrons. The number of rotatable bonds is 4. The van der Waals surface area contributed by atoms with Gasteiger partial charge in [-0.3, -0.25) is 4.79 Å². The van der Waals surface area contributed by atoms with E-state index in [0.29, 0.717) is 11.3 Å². The molecule has 0 saturated heterocycles. The van der Waals surface area contributed by atoms with Crippen LogP contribution in [0.3, 0.4) is 0 Å². The van der Waals surface area contributed by atoms with Crippen LogP contribution in [0.15, 0.2) is 48.0 Å². The first-order chi connectivity index (χ1) is 11.6. The average Bonchev–Trinajstić information content (AvgIpc) is 2.61. The highest BCUT2D eigenvalue weighted by Gasteiger charge is 2.12. The highest BCUT2D eigenvalue weighted by molar-refractivity contribution is 6.05. The van der Waals surface area contributed by atoms with E-state index in [2.05, 4.69) is 30.4 Å². The van der Waals surface area contributed by atoms with Crippen molar-refractivity contribution in [2.24, 2.45) is 0 Å². The molecule has 0 saturated carbocycles. The number of nitrogens with one attached hydrogen (secondary N) is 2. The number of hydrogen-bond donors (Lipinski definition) is 2. The quantitative estimate of drug-likeness (QED) is 0.760. The lowest BCUT2D eigenvalue weighted by molar-refractivity contribution is 0.102. The molecule has 3 rings (SSSR count). The molecular formula is C21H22N2O. The average molecular weight is 318 g/mol. The molecule has 0 fully saturated rings. The van der Waals surface area contributed by atoms with Gasteiger partial charge in [0.2, 0.25) is 0 Å². The number of carbonyl (C=O) groups is 1. The summed E-state index contributed by atoms with van der Waals surface area (Å²) in [6, 6.07) is 13.3. The van der Waals surface area contributed by atoms with Gasteiger partial charge in [0.15, 0.2) is 0 Å². The summed E-state index contributed by atoms with van der Waals surface area (Å²) in [6.07, 6.45) is 5.50. The van der Waals surface area contributed by atoms with Crippen LogP contribution in [0.5, 0.6) is 0 Å². The van der Waals surface area contributed by atoms with E-state index in [1.54, 1.807) is 31.2 Å².